The van der Waals surface area contributed by atoms with Gasteiger partial charge in [0.2, 0.25) is 11.8 Å². The Hall–Kier alpha value is -1.40. The fraction of sp³-hybridized carbons (Fsp3) is 0.308. The Labute approximate surface area is 121 Å². The number of para-hydroxylation sites is 1. The van der Waals surface area contributed by atoms with Crippen molar-refractivity contribution in [3.05, 3.63) is 29.3 Å². The molecule has 100 valence electrons. The van der Waals surface area contributed by atoms with Gasteiger partial charge in [0.1, 0.15) is 4.32 Å². The molecular formula is C13H14N2O2S2. The standard InChI is InChI=1S/C13H14N2O2S2/c1-7-4-3-5-8(2)11(7)14-10(16)6-9-12(17)15-13(18)19-9/h3-5,9H,6H2,1-2H3,(H,14,16)(H,15,17,18). The summed E-state index contributed by atoms with van der Waals surface area (Å²) in [6.45, 7) is 3.88. The molecule has 4 nitrogen and oxygen atoms in total. The van der Waals surface area contributed by atoms with Crippen molar-refractivity contribution in [1.82, 2.24) is 5.32 Å². The lowest BCUT2D eigenvalue weighted by Gasteiger charge is -2.12. The second-order valence-corrected chi connectivity index (χ2v) is 6.28. The minimum atomic E-state index is -0.420. The third kappa shape index (κ3) is 3.33. The Kier molecular flexibility index (Phi) is 4.21. The number of carbonyl (C=O) groups excluding carboxylic acids is 2. The predicted octanol–water partition coefficient (Wildman–Crippen LogP) is 2.15. The van der Waals surface area contributed by atoms with Gasteiger partial charge >= 0.3 is 0 Å². The van der Waals surface area contributed by atoms with Gasteiger partial charge in [0.05, 0.1) is 5.25 Å². The summed E-state index contributed by atoms with van der Waals surface area (Å²) in [5.41, 5.74) is 2.83. The first-order valence-electron chi connectivity index (χ1n) is 5.85. The molecule has 6 heteroatoms. The van der Waals surface area contributed by atoms with E-state index in [1.54, 1.807) is 0 Å². The average Bonchev–Trinajstić information content (AvgIpc) is 2.63. The Morgan fingerprint density at radius 2 is 2.05 bits per heavy atom. The normalized spacial score (nSPS) is 18.3. The number of nitrogens with one attached hydrogen (secondary N) is 2. The van der Waals surface area contributed by atoms with Crippen LogP contribution in [0.4, 0.5) is 5.69 Å². The minimum Gasteiger partial charge on any atom is -0.326 e. The van der Waals surface area contributed by atoms with Crippen LogP contribution < -0.4 is 10.6 Å². The molecule has 1 heterocycles. The zero-order valence-corrected chi connectivity index (χ0v) is 12.3. The monoisotopic (exact) mass is 294 g/mol. The van der Waals surface area contributed by atoms with Crippen LogP contribution in [0.15, 0.2) is 18.2 Å². The maximum Gasteiger partial charge on any atom is 0.239 e. The largest absolute Gasteiger partial charge is 0.326 e. The summed E-state index contributed by atoms with van der Waals surface area (Å²) >= 11 is 6.13. The molecule has 1 fully saturated rings. The zero-order chi connectivity index (χ0) is 14.0. The number of amides is 2. The van der Waals surface area contributed by atoms with Gasteiger partial charge in [0.15, 0.2) is 0 Å². The van der Waals surface area contributed by atoms with E-state index in [1.165, 1.54) is 11.8 Å². The van der Waals surface area contributed by atoms with Crippen LogP contribution in [0.25, 0.3) is 0 Å². The topological polar surface area (TPSA) is 58.2 Å². The molecule has 0 radical (unpaired) electrons. The van der Waals surface area contributed by atoms with Crippen LogP contribution >= 0.6 is 24.0 Å². The third-order valence-electron chi connectivity index (χ3n) is 2.88. The lowest BCUT2D eigenvalue weighted by atomic mass is 10.1. The van der Waals surface area contributed by atoms with E-state index in [1.807, 2.05) is 32.0 Å². The van der Waals surface area contributed by atoms with Gasteiger partial charge in [-0.15, -0.1) is 0 Å². The Morgan fingerprint density at radius 3 is 2.58 bits per heavy atom. The van der Waals surface area contributed by atoms with E-state index in [9.17, 15) is 9.59 Å². The van der Waals surface area contributed by atoms with Gasteiger partial charge in [-0.1, -0.05) is 42.2 Å². The first-order valence-corrected chi connectivity index (χ1v) is 7.13. The van der Waals surface area contributed by atoms with Crippen LogP contribution in [-0.4, -0.2) is 21.4 Å². The van der Waals surface area contributed by atoms with Crippen LogP contribution in [0.2, 0.25) is 0 Å². The molecule has 1 aliphatic heterocycles. The summed E-state index contributed by atoms with van der Waals surface area (Å²) < 4.78 is 0.440. The second kappa shape index (κ2) is 5.71. The van der Waals surface area contributed by atoms with Gasteiger partial charge in [-0.3, -0.25) is 9.59 Å². The summed E-state index contributed by atoms with van der Waals surface area (Å²) in [6.07, 6.45) is 0.129. The molecular weight excluding hydrogens is 280 g/mol. The van der Waals surface area contributed by atoms with Crippen molar-refractivity contribution in [2.45, 2.75) is 25.5 Å². The number of benzene rings is 1. The van der Waals surface area contributed by atoms with Gasteiger partial charge in [-0.2, -0.15) is 0 Å². The molecule has 1 aromatic rings. The van der Waals surface area contributed by atoms with Gasteiger partial charge < -0.3 is 10.6 Å². The number of rotatable bonds is 3. The minimum absolute atomic E-state index is 0.129. The maximum absolute atomic E-state index is 12.0. The van der Waals surface area contributed by atoms with Crippen LogP contribution in [0, 0.1) is 13.8 Å². The smallest absolute Gasteiger partial charge is 0.239 e. The first kappa shape index (κ1) is 14.0. The van der Waals surface area contributed by atoms with Gasteiger partial charge in [-0.05, 0) is 25.0 Å². The summed E-state index contributed by atoms with van der Waals surface area (Å²) in [5, 5.41) is 4.98. The molecule has 0 bridgehead atoms. The molecule has 19 heavy (non-hydrogen) atoms. The van der Waals surface area contributed by atoms with E-state index in [-0.39, 0.29) is 18.2 Å². The van der Waals surface area contributed by atoms with E-state index in [4.69, 9.17) is 12.2 Å². The summed E-state index contributed by atoms with van der Waals surface area (Å²) in [6, 6.07) is 5.82. The number of hydrogen-bond acceptors (Lipinski definition) is 4. The number of anilines is 1. The summed E-state index contributed by atoms with van der Waals surface area (Å²) in [7, 11) is 0. The number of aryl methyl sites for hydroxylation is 2. The highest BCUT2D eigenvalue weighted by Gasteiger charge is 2.31. The van der Waals surface area contributed by atoms with Crippen molar-refractivity contribution in [3.63, 3.8) is 0 Å². The summed E-state index contributed by atoms with van der Waals surface area (Å²) in [5.74, 6) is -0.360. The van der Waals surface area contributed by atoms with Crippen molar-refractivity contribution in [1.29, 1.82) is 0 Å². The van der Waals surface area contributed by atoms with E-state index in [0.29, 0.717) is 4.32 Å². The van der Waals surface area contributed by atoms with Crippen LogP contribution in [0.3, 0.4) is 0 Å². The molecule has 0 aromatic heterocycles. The molecule has 2 rings (SSSR count). The quantitative estimate of drug-likeness (QED) is 0.839. The molecule has 1 aromatic carbocycles. The second-order valence-electron chi connectivity index (χ2n) is 4.40. The fourth-order valence-electron chi connectivity index (χ4n) is 1.90. The van der Waals surface area contributed by atoms with Crippen molar-refractivity contribution in [2.24, 2.45) is 0 Å². The van der Waals surface area contributed by atoms with E-state index in [0.717, 1.165) is 16.8 Å². The molecule has 0 aliphatic carbocycles. The molecule has 1 atom stereocenters. The molecule has 0 spiro atoms. The SMILES string of the molecule is Cc1cccc(C)c1NC(=O)CC1SC(=S)NC1=O. The Bertz CT molecular complexity index is 537. The molecule has 1 saturated heterocycles. The lowest BCUT2D eigenvalue weighted by Crippen LogP contribution is -2.27. The maximum atomic E-state index is 12.0. The van der Waals surface area contributed by atoms with Crippen molar-refractivity contribution in [2.75, 3.05) is 5.32 Å². The van der Waals surface area contributed by atoms with Crippen molar-refractivity contribution >= 4 is 45.8 Å². The third-order valence-corrected chi connectivity index (χ3v) is 4.26. The summed E-state index contributed by atoms with van der Waals surface area (Å²) in [4.78, 5) is 23.5. The zero-order valence-electron chi connectivity index (χ0n) is 10.6. The van der Waals surface area contributed by atoms with Crippen LogP contribution in [-0.2, 0) is 9.59 Å². The molecule has 1 aliphatic rings. The van der Waals surface area contributed by atoms with E-state index >= 15 is 0 Å². The highest BCUT2D eigenvalue weighted by molar-refractivity contribution is 8.24. The first-order chi connectivity index (χ1) is 8.97. The average molecular weight is 294 g/mol. The van der Waals surface area contributed by atoms with Crippen LogP contribution in [0.1, 0.15) is 17.5 Å². The van der Waals surface area contributed by atoms with E-state index < -0.39 is 5.25 Å². The molecule has 2 N–H and O–H groups in total. The number of thioether (sulfide) groups is 1. The van der Waals surface area contributed by atoms with Crippen molar-refractivity contribution in [3.8, 4) is 0 Å². The number of hydrogen-bond donors (Lipinski definition) is 2. The lowest BCUT2D eigenvalue weighted by molar-refractivity contribution is -0.122. The highest BCUT2D eigenvalue weighted by atomic mass is 32.2. The van der Waals surface area contributed by atoms with Gasteiger partial charge in [-0.25, -0.2) is 0 Å². The van der Waals surface area contributed by atoms with Gasteiger partial charge in [0.25, 0.3) is 0 Å². The molecule has 1 unspecified atom stereocenters. The van der Waals surface area contributed by atoms with Crippen LogP contribution in [0.5, 0.6) is 0 Å². The highest BCUT2D eigenvalue weighted by Crippen LogP contribution is 2.24. The Balaban J connectivity index is 2.02. The molecule has 2 amide bonds. The van der Waals surface area contributed by atoms with E-state index in [2.05, 4.69) is 10.6 Å². The predicted molar refractivity (Wildman–Crippen MR) is 81.3 cm³/mol. The fourth-order valence-corrected chi connectivity index (χ4v) is 3.17. The van der Waals surface area contributed by atoms with Crippen molar-refractivity contribution < 1.29 is 9.59 Å². The van der Waals surface area contributed by atoms with Gasteiger partial charge in [0, 0.05) is 12.1 Å². The Morgan fingerprint density at radius 1 is 1.42 bits per heavy atom. The molecule has 0 saturated carbocycles. The number of carbonyl (C=O) groups is 2. The number of thiocarbonyl (C=S) groups is 1.